The zero-order valence-electron chi connectivity index (χ0n) is 11.4. The van der Waals surface area contributed by atoms with Gasteiger partial charge in [-0.25, -0.2) is 14.4 Å². The molecule has 5 nitrogen and oxygen atoms in total. The van der Waals surface area contributed by atoms with Crippen LogP contribution >= 0.6 is 0 Å². The monoisotopic (exact) mass is 286 g/mol. The van der Waals surface area contributed by atoms with Crippen LogP contribution in [0.4, 0.5) is 10.1 Å². The van der Waals surface area contributed by atoms with Gasteiger partial charge in [0.15, 0.2) is 0 Å². The van der Waals surface area contributed by atoms with Crippen LogP contribution in [-0.2, 0) is 0 Å². The van der Waals surface area contributed by atoms with Crippen molar-refractivity contribution in [1.29, 1.82) is 0 Å². The van der Waals surface area contributed by atoms with Crippen molar-refractivity contribution in [3.8, 4) is 0 Å². The third-order valence-corrected chi connectivity index (χ3v) is 3.57. The first kappa shape index (κ1) is 13.5. The van der Waals surface area contributed by atoms with E-state index in [-0.39, 0.29) is 11.7 Å². The molecule has 1 fully saturated rings. The van der Waals surface area contributed by atoms with Gasteiger partial charge in [0.25, 0.3) is 5.91 Å². The molecule has 0 aliphatic carbocycles. The molecule has 108 valence electrons. The highest BCUT2D eigenvalue weighted by atomic mass is 19.1. The van der Waals surface area contributed by atoms with E-state index in [4.69, 9.17) is 0 Å². The second kappa shape index (κ2) is 5.87. The highest BCUT2D eigenvalue weighted by molar-refractivity contribution is 5.93. The summed E-state index contributed by atoms with van der Waals surface area (Å²) in [5.41, 5.74) is 1.49. The van der Waals surface area contributed by atoms with Crippen LogP contribution in [0.3, 0.4) is 0 Å². The van der Waals surface area contributed by atoms with E-state index in [0.717, 1.165) is 18.8 Å². The Bertz CT molecular complexity index is 609. The van der Waals surface area contributed by atoms with E-state index in [9.17, 15) is 9.18 Å². The normalized spacial score (nSPS) is 15.1. The van der Waals surface area contributed by atoms with Gasteiger partial charge in [0.1, 0.15) is 12.1 Å². The third-order valence-electron chi connectivity index (χ3n) is 3.57. The van der Waals surface area contributed by atoms with Gasteiger partial charge in [0, 0.05) is 44.3 Å². The standard InChI is InChI=1S/C15H15FN4O/c16-13-1-3-14(4-2-13)19-5-7-20(8-6-19)15(21)12-9-17-11-18-10-12/h1-4,9-11H,5-8H2. The second-order valence-electron chi connectivity index (χ2n) is 4.88. The molecule has 0 atom stereocenters. The third kappa shape index (κ3) is 2.99. The van der Waals surface area contributed by atoms with E-state index < -0.39 is 0 Å². The predicted octanol–water partition coefficient (Wildman–Crippen LogP) is 1.58. The zero-order chi connectivity index (χ0) is 14.7. The van der Waals surface area contributed by atoms with Gasteiger partial charge in [-0.3, -0.25) is 4.79 Å². The van der Waals surface area contributed by atoms with Gasteiger partial charge in [0.05, 0.1) is 5.56 Å². The van der Waals surface area contributed by atoms with E-state index in [1.54, 1.807) is 17.0 Å². The quantitative estimate of drug-likeness (QED) is 0.841. The van der Waals surface area contributed by atoms with Crippen molar-refractivity contribution in [2.75, 3.05) is 31.1 Å². The van der Waals surface area contributed by atoms with Crippen molar-refractivity contribution in [3.05, 3.63) is 54.4 Å². The lowest BCUT2D eigenvalue weighted by atomic mass is 10.2. The number of aromatic nitrogens is 2. The lowest BCUT2D eigenvalue weighted by Gasteiger charge is -2.36. The summed E-state index contributed by atoms with van der Waals surface area (Å²) in [4.78, 5) is 23.9. The molecule has 2 heterocycles. The maximum atomic E-state index is 12.9. The van der Waals surface area contributed by atoms with Gasteiger partial charge in [-0.15, -0.1) is 0 Å². The Labute approximate surface area is 122 Å². The molecule has 1 saturated heterocycles. The molecule has 1 aliphatic rings. The molecule has 0 unspecified atom stereocenters. The summed E-state index contributed by atoms with van der Waals surface area (Å²) < 4.78 is 12.9. The SMILES string of the molecule is O=C(c1cncnc1)N1CCN(c2ccc(F)cc2)CC1. The van der Waals surface area contributed by atoms with E-state index in [0.29, 0.717) is 18.7 Å². The Morgan fingerprint density at radius 1 is 1.00 bits per heavy atom. The van der Waals surface area contributed by atoms with E-state index in [1.165, 1.54) is 30.9 Å². The molecule has 0 saturated carbocycles. The van der Waals surface area contributed by atoms with Crippen molar-refractivity contribution in [2.45, 2.75) is 0 Å². The topological polar surface area (TPSA) is 49.3 Å². The summed E-state index contributed by atoms with van der Waals surface area (Å²) in [5, 5.41) is 0. The largest absolute Gasteiger partial charge is 0.368 e. The van der Waals surface area contributed by atoms with Gasteiger partial charge in [0.2, 0.25) is 0 Å². The van der Waals surface area contributed by atoms with Crippen molar-refractivity contribution < 1.29 is 9.18 Å². The van der Waals surface area contributed by atoms with Crippen LogP contribution in [0, 0.1) is 5.82 Å². The number of rotatable bonds is 2. The van der Waals surface area contributed by atoms with Crippen LogP contribution in [0.1, 0.15) is 10.4 Å². The van der Waals surface area contributed by atoms with E-state index >= 15 is 0 Å². The Kier molecular flexibility index (Phi) is 3.77. The Balaban J connectivity index is 1.63. The lowest BCUT2D eigenvalue weighted by molar-refractivity contribution is 0.0746. The van der Waals surface area contributed by atoms with Crippen LogP contribution in [0.25, 0.3) is 0 Å². The first-order valence-corrected chi connectivity index (χ1v) is 6.79. The van der Waals surface area contributed by atoms with Crippen molar-refractivity contribution in [1.82, 2.24) is 14.9 Å². The Morgan fingerprint density at radius 2 is 1.62 bits per heavy atom. The Morgan fingerprint density at radius 3 is 2.24 bits per heavy atom. The molecule has 0 N–H and O–H groups in total. The number of hydrogen-bond donors (Lipinski definition) is 0. The molecule has 3 rings (SSSR count). The van der Waals surface area contributed by atoms with Gasteiger partial charge in [-0.1, -0.05) is 0 Å². The van der Waals surface area contributed by atoms with Gasteiger partial charge < -0.3 is 9.80 Å². The molecule has 0 spiro atoms. The second-order valence-corrected chi connectivity index (χ2v) is 4.88. The molecular weight excluding hydrogens is 271 g/mol. The van der Waals surface area contributed by atoms with Crippen LogP contribution in [0.5, 0.6) is 0 Å². The van der Waals surface area contributed by atoms with Crippen LogP contribution < -0.4 is 4.90 Å². The number of nitrogens with zero attached hydrogens (tertiary/aromatic N) is 4. The highest BCUT2D eigenvalue weighted by Gasteiger charge is 2.22. The highest BCUT2D eigenvalue weighted by Crippen LogP contribution is 2.17. The number of amides is 1. The Hall–Kier alpha value is -2.50. The summed E-state index contributed by atoms with van der Waals surface area (Å²) in [7, 11) is 0. The van der Waals surface area contributed by atoms with Crippen LogP contribution in [-0.4, -0.2) is 47.0 Å². The number of carbonyl (C=O) groups excluding carboxylic acids is 1. The summed E-state index contributed by atoms with van der Waals surface area (Å²) >= 11 is 0. The summed E-state index contributed by atoms with van der Waals surface area (Å²) in [5.74, 6) is -0.286. The summed E-state index contributed by atoms with van der Waals surface area (Å²) in [6.07, 6.45) is 4.46. The van der Waals surface area contributed by atoms with Crippen molar-refractivity contribution >= 4 is 11.6 Å². The minimum absolute atomic E-state index is 0.0469. The number of carbonyl (C=O) groups is 1. The molecule has 2 aromatic rings. The number of benzene rings is 1. The molecule has 21 heavy (non-hydrogen) atoms. The van der Waals surface area contributed by atoms with E-state index in [2.05, 4.69) is 14.9 Å². The minimum Gasteiger partial charge on any atom is -0.368 e. The summed E-state index contributed by atoms with van der Waals surface area (Å²) in [6, 6.07) is 6.43. The van der Waals surface area contributed by atoms with Gasteiger partial charge in [-0.05, 0) is 24.3 Å². The zero-order valence-corrected chi connectivity index (χ0v) is 11.4. The van der Waals surface area contributed by atoms with Gasteiger partial charge in [-0.2, -0.15) is 0 Å². The smallest absolute Gasteiger partial charge is 0.257 e. The fraction of sp³-hybridized carbons (Fsp3) is 0.267. The first-order chi connectivity index (χ1) is 10.2. The molecule has 1 aromatic carbocycles. The van der Waals surface area contributed by atoms with E-state index in [1.807, 2.05) is 0 Å². The number of hydrogen-bond acceptors (Lipinski definition) is 4. The molecule has 0 bridgehead atoms. The fourth-order valence-electron chi connectivity index (χ4n) is 2.41. The molecule has 1 aliphatic heterocycles. The maximum Gasteiger partial charge on any atom is 0.257 e. The molecule has 1 amide bonds. The van der Waals surface area contributed by atoms with Crippen LogP contribution in [0.15, 0.2) is 43.0 Å². The molecule has 0 radical (unpaired) electrons. The summed E-state index contributed by atoms with van der Waals surface area (Å²) in [6.45, 7) is 2.71. The van der Waals surface area contributed by atoms with Crippen molar-refractivity contribution in [2.24, 2.45) is 0 Å². The number of piperazine rings is 1. The molecule has 1 aromatic heterocycles. The number of anilines is 1. The minimum atomic E-state index is -0.239. The van der Waals surface area contributed by atoms with Gasteiger partial charge >= 0.3 is 0 Å². The average molecular weight is 286 g/mol. The number of halogens is 1. The first-order valence-electron chi connectivity index (χ1n) is 6.79. The predicted molar refractivity (Wildman–Crippen MR) is 76.5 cm³/mol. The molecular formula is C15H15FN4O. The lowest BCUT2D eigenvalue weighted by Crippen LogP contribution is -2.48. The average Bonchev–Trinajstić information content (AvgIpc) is 2.56. The maximum absolute atomic E-state index is 12.9. The molecule has 6 heteroatoms. The fourth-order valence-corrected chi connectivity index (χ4v) is 2.41. The van der Waals surface area contributed by atoms with Crippen molar-refractivity contribution in [3.63, 3.8) is 0 Å². The van der Waals surface area contributed by atoms with Crippen LogP contribution in [0.2, 0.25) is 0 Å².